The van der Waals surface area contributed by atoms with Crippen LogP contribution in [-0.4, -0.2) is 0 Å². The van der Waals surface area contributed by atoms with E-state index in [1.54, 1.807) is 0 Å². The van der Waals surface area contributed by atoms with Gasteiger partial charge in [0.25, 0.3) is 0 Å². The van der Waals surface area contributed by atoms with Crippen molar-refractivity contribution in [3.8, 4) is 0 Å². The monoisotopic (exact) mass is 138 g/mol. The molecule has 0 unspecified atom stereocenters. The average molecular weight is 138 g/mol. The summed E-state index contributed by atoms with van der Waals surface area (Å²) < 4.78 is 5.32. The fourth-order valence-corrected chi connectivity index (χ4v) is 0.913. The topological polar surface area (TPSA) is 13.1 Å². The number of rotatable bonds is 2. The van der Waals surface area contributed by atoms with E-state index in [1.807, 2.05) is 6.26 Å². The largest absolute Gasteiger partial charge is 0.469 e. The van der Waals surface area contributed by atoms with Gasteiger partial charge in [-0.2, -0.15) is 0 Å². The first-order valence-electron chi connectivity index (χ1n) is 3.79. The second-order valence-corrected chi connectivity index (χ2v) is 2.84. The van der Waals surface area contributed by atoms with Gasteiger partial charge in [-0.1, -0.05) is 13.8 Å². The highest BCUT2D eigenvalue weighted by Crippen LogP contribution is 2.20. The third kappa shape index (κ3) is 1.41. The molecule has 10 heavy (non-hydrogen) atoms. The van der Waals surface area contributed by atoms with Gasteiger partial charge < -0.3 is 4.42 Å². The molecule has 0 fully saturated rings. The van der Waals surface area contributed by atoms with Gasteiger partial charge in [-0.25, -0.2) is 0 Å². The molecule has 1 nitrogen and oxygen atoms in total. The van der Waals surface area contributed by atoms with Gasteiger partial charge in [-0.05, 0) is 25.0 Å². The van der Waals surface area contributed by atoms with E-state index >= 15 is 0 Å². The van der Waals surface area contributed by atoms with Gasteiger partial charge in [0.2, 0.25) is 0 Å². The Morgan fingerprint density at radius 2 is 2.30 bits per heavy atom. The molecule has 0 aliphatic heterocycles. The Kier molecular flexibility index (Phi) is 2.15. The van der Waals surface area contributed by atoms with Crippen LogP contribution < -0.4 is 0 Å². The molecule has 1 atom stereocenters. The minimum Gasteiger partial charge on any atom is -0.469 e. The molecule has 0 saturated carbocycles. The Morgan fingerprint density at radius 3 is 2.70 bits per heavy atom. The highest BCUT2D eigenvalue weighted by molar-refractivity contribution is 5.13. The van der Waals surface area contributed by atoms with Gasteiger partial charge >= 0.3 is 0 Å². The van der Waals surface area contributed by atoms with Crippen LogP contribution in [-0.2, 0) is 0 Å². The molecule has 56 valence electrons. The summed E-state index contributed by atoms with van der Waals surface area (Å²) in [6.07, 6.45) is 2.95. The van der Waals surface area contributed by atoms with Gasteiger partial charge in [-0.3, -0.25) is 0 Å². The number of aryl methyl sites for hydroxylation is 1. The van der Waals surface area contributed by atoms with E-state index < -0.39 is 0 Å². The van der Waals surface area contributed by atoms with E-state index in [9.17, 15) is 0 Å². The summed E-state index contributed by atoms with van der Waals surface area (Å²) in [4.78, 5) is 0. The molecule has 0 saturated heterocycles. The molecule has 0 bridgehead atoms. The van der Waals surface area contributed by atoms with Gasteiger partial charge in [0.05, 0.1) is 6.26 Å². The lowest BCUT2D eigenvalue weighted by Crippen LogP contribution is -1.86. The van der Waals surface area contributed by atoms with Crippen molar-refractivity contribution in [1.29, 1.82) is 0 Å². The van der Waals surface area contributed by atoms with Crippen LogP contribution in [0.1, 0.15) is 37.5 Å². The summed E-state index contributed by atoms with van der Waals surface area (Å²) in [5.74, 6) is 1.67. The standard InChI is InChI=1S/C9H14O/c1-4-8(3)9-5-7(2)6-10-9/h5-6,8H,4H2,1-3H3/t8-/m1/s1. The average Bonchev–Trinajstić information content (AvgIpc) is 2.34. The van der Waals surface area contributed by atoms with Gasteiger partial charge in [0, 0.05) is 5.92 Å². The van der Waals surface area contributed by atoms with E-state index in [2.05, 4.69) is 26.8 Å². The van der Waals surface area contributed by atoms with Crippen LogP contribution in [0.4, 0.5) is 0 Å². The van der Waals surface area contributed by atoms with Crippen LogP contribution in [0, 0.1) is 6.92 Å². The molecule has 0 aliphatic carbocycles. The predicted molar refractivity (Wildman–Crippen MR) is 42.2 cm³/mol. The Hall–Kier alpha value is -0.720. The maximum absolute atomic E-state index is 5.32. The van der Waals surface area contributed by atoms with Gasteiger partial charge in [0.15, 0.2) is 0 Å². The molecular weight excluding hydrogens is 124 g/mol. The molecule has 1 heteroatoms. The highest BCUT2D eigenvalue weighted by atomic mass is 16.3. The van der Waals surface area contributed by atoms with Crippen LogP contribution in [0.3, 0.4) is 0 Å². The van der Waals surface area contributed by atoms with Crippen LogP contribution in [0.15, 0.2) is 16.7 Å². The third-order valence-electron chi connectivity index (χ3n) is 1.85. The van der Waals surface area contributed by atoms with Crippen molar-refractivity contribution in [2.45, 2.75) is 33.1 Å². The fourth-order valence-electron chi connectivity index (χ4n) is 0.913. The summed E-state index contributed by atoms with van der Waals surface area (Å²) in [6.45, 7) is 6.40. The predicted octanol–water partition coefficient (Wildman–Crippen LogP) is 3.10. The molecule has 0 N–H and O–H groups in total. The number of hydrogen-bond acceptors (Lipinski definition) is 1. The van der Waals surface area contributed by atoms with E-state index in [4.69, 9.17) is 4.42 Å². The maximum Gasteiger partial charge on any atom is 0.106 e. The van der Waals surface area contributed by atoms with E-state index in [0.717, 1.165) is 12.2 Å². The lowest BCUT2D eigenvalue weighted by Gasteiger charge is -2.01. The zero-order valence-corrected chi connectivity index (χ0v) is 6.85. The second kappa shape index (κ2) is 2.91. The zero-order valence-electron chi connectivity index (χ0n) is 6.85. The Bertz CT molecular complexity index is 200. The van der Waals surface area contributed by atoms with E-state index in [-0.39, 0.29) is 0 Å². The molecule has 0 radical (unpaired) electrons. The second-order valence-electron chi connectivity index (χ2n) is 2.84. The first kappa shape index (κ1) is 7.39. The molecule has 0 aliphatic rings. The quantitative estimate of drug-likeness (QED) is 0.612. The van der Waals surface area contributed by atoms with Gasteiger partial charge in [-0.15, -0.1) is 0 Å². The maximum atomic E-state index is 5.32. The molecule has 1 aromatic rings. The summed E-state index contributed by atoms with van der Waals surface area (Å²) in [6, 6.07) is 2.11. The SMILES string of the molecule is CC[C@@H](C)c1cc(C)co1. The van der Waals surface area contributed by atoms with Crippen molar-refractivity contribution in [3.05, 3.63) is 23.7 Å². The fraction of sp³-hybridized carbons (Fsp3) is 0.556. The van der Waals surface area contributed by atoms with Crippen molar-refractivity contribution in [3.63, 3.8) is 0 Å². The van der Waals surface area contributed by atoms with Crippen molar-refractivity contribution >= 4 is 0 Å². The number of furan rings is 1. The van der Waals surface area contributed by atoms with E-state index in [0.29, 0.717) is 5.92 Å². The zero-order chi connectivity index (χ0) is 7.56. The molecule has 1 aromatic heterocycles. The molecule has 0 aromatic carbocycles. The molecular formula is C9H14O. The molecule has 1 heterocycles. The Labute approximate surface area is 62.1 Å². The summed E-state index contributed by atoms with van der Waals surface area (Å²) >= 11 is 0. The van der Waals surface area contributed by atoms with Crippen molar-refractivity contribution in [1.82, 2.24) is 0 Å². The van der Waals surface area contributed by atoms with Crippen molar-refractivity contribution < 1.29 is 4.42 Å². The summed E-state index contributed by atoms with van der Waals surface area (Å²) in [7, 11) is 0. The Balaban J connectivity index is 2.74. The molecule has 1 rings (SSSR count). The minimum atomic E-state index is 0.564. The third-order valence-corrected chi connectivity index (χ3v) is 1.85. The van der Waals surface area contributed by atoms with Crippen molar-refractivity contribution in [2.75, 3.05) is 0 Å². The van der Waals surface area contributed by atoms with Crippen LogP contribution in [0.5, 0.6) is 0 Å². The van der Waals surface area contributed by atoms with Crippen LogP contribution in [0.2, 0.25) is 0 Å². The first-order valence-corrected chi connectivity index (χ1v) is 3.79. The minimum absolute atomic E-state index is 0.564. The highest BCUT2D eigenvalue weighted by Gasteiger charge is 2.05. The lowest BCUT2D eigenvalue weighted by atomic mass is 10.1. The van der Waals surface area contributed by atoms with Crippen molar-refractivity contribution in [2.24, 2.45) is 0 Å². The van der Waals surface area contributed by atoms with Crippen LogP contribution >= 0.6 is 0 Å². The van der Waals surface area contributed by atoms with E-state index in [1.165, 1.54) is 5.56 Å². The normalized spacial score (nSPS) is 13.5. The lowest BCUT2D eigenvalue weighted by molar-refractivity contribution is 0.468. The molecule has 0 spiro atoms. The summed E-state index contributed by atoms with van der Waals surface area (Å²) in [5, 5.41) is 0. The molecule has 0 amide bonds. The summed E-state index contributed by atoms with van der Waals surface area (Å²) in [5.41, 5.74) is 1.22. The van der Waals surface area contributed by atoms with Crippen LogP contribution in [0.25, 0.3) is 0 Å². The van der Waals surface area contributed by atoms with Gasteiger partial charge in [0.1, 0.15) is 5.76 Å². The Morgan fingerprint density at radius 1 is 1.60 bits per heavy atom. The number of hydrogen-bond donors (Lipinski definition) is 0. The smallest absolute Gasteiger partial charge is 0.106 e. The first-order chi connectivity index (χ1) is 4.74.